The lowest BCUT2D eigenvalue weighted by Gasteiger charge is -2.03. The Morgan fingerprint density at radius 2 is 1.95 bits per heavy atom. The Kier molecular flexibility index (Phi) is 3.31. The summed E-state index contributed by atoms with van der Waals surface area (Å²) in [6.45, 7) is -2.93. The van der Waals surface area contributed by atoms with Crippen LogP contribution >= 0.6 is 0 Å². The van der Waals surface area contributed by atoms with Crippen LogP contribution in [-0.2, 0) is 0 Å². The molecular formula is C14H10F2N4O. The molecule has 0 aliphatic carbocycles. The first-order valence-electron chi connectivity index (χ1n) is 6.14. The molecule has 0 atom stereocenters. The van der Waals surface area contributed by atoms with Gasteiger partial charge in [0.05, 0.1) is 11.9 Å². The standard InChI is InChI=1S/C14H10F2N4O/c15-14(16)19-13(21)10-8-17-20-7-6-11(18-12(10)20)9-4-2-1-3-5-9/h1-8,14H,(H,19,21). The van der Waals surface area contributed by atoms with Gasteiger partial charge in [0, 0.05) is 11.8 Å². The second kappa shape index (κ2) is 5.28. The fraction of sp³-hybridized carbons (Fsp3) is 0.0714. The van der Waals surface area contributed by atoms with E-state index in [9.17, 15) is 13.6 Å². The average molecular weight is 288 g/mol. The summed E-state index contributed by atoms with van der Waals surface area (Å²) in [6.07, 6.45) is 2.85. The van der Waals surface area contributed by atoms with E-state index >= 15 is 0 Å². The number of hydrogen-bond acceptors (Lipinski definition) is 3. The largest absolute Gasteiger partial charge is 0.315 e. The summed E-state index contributed by atoms with van der Waals surface area (Å²) < 4.78 is 25.9. The van der Waals surface area contributed by atoms with Gasteiger partial charge in [0.25, 0.3) is 5.91 Å². The molecule has 1 N–H and O–H groups in total. The van der Waals surface area contributed by atoms with E-state index in [2.05, 4.69) is 10.1 Å². The topological polar surface area (TPSA) is 59.3 Å². The van der Waals surface area contributed by atoms with Crippen LogP contribution in [0.2, 0.25) is 0 Å². The molecule has 0 bridgehead atoms. The lowest BCUT2D eigenvalue weighted by atomic mass is 10.1. The third-order valence-electron chi connectivity index (χ3n) is 2.92. The Morgan fingerprint density at radius 3 is 2.67 bits per heavy atom. The zero-order valence-corrected chi connectivity index (χ0v) is 10.7. The van der Waals surface area contributed by atoms with E-state index in [4.69, 9.17) is 0 Å². The van der Waals surface area contributed by atoms with Crippen LogP contribution in [0.5, 0.6) is 0 Å². The number of alkyl halides is 2. The molecule has 2 heterocycles. The van der Waals surface area contributed by atoms with Gasteiger partial charge in [-0.2, -0.15) is 13.9 Å². The van der Waals surface area contributed by atoms with Gasteiger partial charge in [-0.3, -0.25) is 10.1 Å². The molecule has 7 heteroatoms. The second-order valence-electron chi connectivity index (χ2n) is 4.28. The van der Waals surface area contributed by atoms with Crippen molar-refractivity contribution in [3.8, 4) is 11.3 Å². The first-order valence-corrected chi connectivity index (χ1v) is 6.14. The van der Waals surface area contributed by atoms with Gasteiger partial charge >= 0.3 is 6.55 Å². The molecule has 1 aromatic carbocycles. The molecule has 3 rings (SSSR count). The van der Waals surface area contributed by atoms with Gasteiger partial charge in [-0.15, -0.1) is 0 Å². The summed E-state index contributed by atoms with van der Waals surface area (Å²) in [5, 5.41) is 5.46. The van der Waals surface area contributed by atoms with E-state index < -0.39 is 12.5 Å². The van der Waals surface area contributed by atoms with Crippen LogP contribution in [0.1, 0.15) is 10.4 Å². The van der Waals surface area contributed by atoms with Crippen LogP contribution < -0.4 is 5.32 Å². The molecule has 0 fully saturated rings. The number of benzene rings is 1. The zero-order valence-electron chi connectivity index (χ0n) is 10.7. The molecule has 0 radical (unpaired) electrons. The van der Waals surface area contributed by atoms with Crippen molar-refractivity contribution in [3.05, 3.63) is 54.4 Å². The van der Waals surface area contributed by atoms with Crippen molar-refractivity contribution >= 4 is 11.6 Å². The van der Waals surface area contributed by atoms with Crippen LogP contribution in [0.15, 0.2) is 48.8 Å². The number of carbonyl (C=O) groups is 1. The summed E-state index contributed by atoms with van der Waals surface area (Å²) in [6, 6.07) is 11.1. The highest BCUT2D eigenvalue weighted by Gasteiger charge is 2.17. The molecule has 21 heavy (non-hydrogen) atoms. The number of nitrogens with one attached hydrogen (secondary N) is 1. The predicted octanol–water partition coefficient (Wildman–Crippen LogP) is 2.35. The highest BCUT2D eigenvalue weighted by molar-refractivity contribution is 5.99. The summed E-state index contributed by atoms with van der Waals surface area (Å²) in [5.41, 5.74) is 1.73. The molecule has 0 saturated carbocycles. The molecule has 5 nitrogen and oxygen atoms in total. The molecule has 0 aliphatic heterocycles. The predicted molar refractivity (Wildman–Crippen MR) is 71.9 cm³/mol. The Labute approximate surface area is 118 Å². The minimum absolute atomic E-state index is 0.00748. The molecule has 3 aromatic rings. The number of carbonyl (C=O) groups excluding carboxylic acids is 1. The van der Waals surface area contributed by atoms with Crippen molar-refractivity contribution in [2.45, 2.75) is 6.55 Å². The Morgan fingerprint density at radius 1 is 1.19 bits per heavy atom. The number of amides is 1. The van der Waals surface area contributed by atoms with Crippen LogP contribution in [0.25, 0.3) is 16.9 Å². The molecule has 0 spiro atoms. The number of nitrogens with zero attached hydrogens (tertiary/aromatic N) is 3. The van der Waals surface area contributed by atoms with Crippen molar-refractivity contribution in [3.63, 3.8) is 0 Å². The quantitative estimate of drug-likeness (QED) is 0.753. The fourth-order valence-electron chi connectivity index (χ4n) is 1.98. The lowest BCUT2D eigenvalue weighted by molar-refractivity contribution is 0.0701. The normalized spacial score (nSPS) is 11.0. The van der Waals surface area contributed by atoms with Crippen molar-refractivity contribution in [1.82, 2.24) is 19.9 Å². The maximum absolute atomic E-state index is 12.2. The van der Waals surface area contributed by atoms with Crippen LogP contribution in [0.4, 0.5) is 8.78 Å². The van der Waals surface area contributed by atoms with E-state index in [-0.39, 0.29) is 11.2 Å². The van der Waals surface area contributed by atoms with E-state index in [1.165, 1.54) is 16.0 Å². The average Bonchev–Trinajstić information content (AvgIpc) is 2.90. The van der Waals surface area contributed by atoms with Gasteiger partial charge in [0.2, 0.25) is 0 Å². The van der Waals surface area contributed by atoms with Crippen molar-refractivity contribution in [1.29, 1.82) is 0 Å². The second-order valence-corrected chi connectivity index (χ2v) is 4.28. The number of hydrogen-bond donors (Lipinski definition) is 1. The Bertz CT molecular complexity index is 786. The minimum Gasteiger partial charge on any atom is -0.296 e. The zero-order chi connectivity index (χ0) is 14.8. The van der Waals surface area contributed by atoms with Crippen LogP contribution in [0, 0.1) is 0 Å². The maximum Gasteiger partial charge on any atom is 0.315 e. The Balaban J connectivity index is 2.06. The highest BCUT2D eigenvalue weighted by atomic mass is 19.3. The number of halogens is 2. The number of aromatic nitrogens is 3. The van der Waals surface area contributed by atoms with E-state index in [1.54, 1.807) is 12.3 Å². The molecule has 0 saturated heterocycles. The smallest absolute Gasteiger partial charge is 0.296 e. The Hall–Kier alpha value is -2.83. The summed E-state index contributed by atoms with van der Waals surface area (Å²) in [5.74, 6) is -0.905. The first-order chi connectivity index (χ1) is 10.1. The number of rotatable bonds is 3. The highest BCUT2D eigenvalue weighted by Crippen LogP contribution is 2.18. The van der Waals surface area contributed by atoms with Gasteiger partial charge in [-0.25, -0.2) is 9.50 Å². The summed E-state index contributed by atoms with van der Waals surface area (Å²) in [4.78, 5) is 16.0. The van der Waals surface area contributed by atoms with E-state index in [1.807, 2.05) is 30.3 Å². The molecule has 106 valence electrons. The molecule has 1 amide bonds. The van der Waals surface area contributed by atoms with E-state index in [0.29, 0.717) is 5.69 Å². The summed E-state index contributed by atoms with van der Waals surface area (Å²) in [7, 11) is 0. The van der Waals surface area contributed by atoms with Gasteiger partial charge in [0.1, 0.15) is 5.56 Å². The third-order valence-corrected chi connectivity index (χ3v) is 2.92. The van der Waals surface area contributed by atoms with Gasteiger partial charge in [0.15, 0.2) is 5.65 Å². The van der Waals surface area contributed by atoms with Crippen molar-refractivity contribution in [2.24, 2.45) is 0 Å². The molecule has 0 unspecified atom stereocenters. The molecule has 2 aromatic heterocycles. The van der Waals surface area contributed by atoms with Crippen molar-refractivity contribution in [2.75, 3.05) is 0 Å². The molecule has 0 aliphatic rings. The first kappa shape index (κ1) is 13.2. The van der Waals surface area contributed by atoms with Gasteiger partial charge < -0.3 is 0 Å². The summed E-state index contributed by atoms with van der Waals surface area (Å²) >= 11 is 0. The molecular weight excluding hydrogens is 278 g/mol. The van der Waals surface area contributed by atoms with Crippen LogP contribution in [-0.4, -0.2) is 27.1 Å². The van der Waals surface area contributed by atoms with Crippen LogP contribution in [0.3, 0.4) is 0 Å². The lowest BCUT2D eigenvalue weighted by Crippen LogP contribution is -2.28. The van der Waals surface area contributed by atoms with Gasteiger partial charge in [-0.1, -0.05) is 30.3 Å². The maximum atomic E-state index is 12.2. The minimum atomic E-state index is -2.93. The van der Waals surface area contributed by atoms with Gasteiger partial charge in [-0.05, 0) is 6.07 Å². The van der Waals surface area contributed by atoms with E-state index in [0.717, 1.165) is 5.56 Å². The fourth-order valence-corrected chi connectivity index (χ4v) is 1.98. The van der Waals surface area contributed by atoms with Crippen molar-refractivity contribution < 1.29 is 13.6 Å². The SMILES string of the molecule is O=C(NC(F)F)c1cnn2ccc(-c3ccccc3)nc12. The number of fused-ring (bicyclic) bond motifs is 1. The third kappa shape index (κ3) is 2.58. The monoisotopic (exact) mass is 288 g/mol.